The lowest BCUT2D eigenvalue weighted by atomic mass is 10.1. The molecule has 1 aliphatic carbocycles. The molecule has 1 fully saturated rings. The highest BCUT2D eigenvalue weighted by molar-refractivity contribution is 7.00. The van der Waals surface area contributed by atoms with Crippen molar-refractivity contribution in [1.29, 1.82) is 0 Å². The number of rotatable bonds is 5. The van der Waals surface area contributed by atoms with Gasteiger partial charge in [0.2, 0.25) is 5.91 Å². The molecule has 112 valence electrons. The van der Waals surface area contributed by atoms with Gasteiger partial charge >= 0.3 is 0 Å². The maximum absolute atomic E-state index is 12.5. The van der Waals surface area contributed by atoms with Gasteiger partial charge in [0, 0.05) is 25.5 Å². The van der Waals surface area contributed by atoms with Crippen molar-refractivity contribution in [2.75, 3.05) is 0 Å². The fraction of sp³-hybridized carbons (Fsp3) is 0.333. The number of nitrogens with one attached hydrogen (secondary N) is 1. The fourth-order valence-electron chi connectivity index (χ4n) is 2.65. The summed E-state index contributed by atoms with van der Waals surface area (Å²) < 4.78 is 10.4. The molecule has 0 unspecified atom stereocenters. The Morgan fingerprint density at radius 3 is 2.95 bits per heavy atom. The lowest BCUT2D eigenvalue weighted by Crippen LogP contribution is -2.34. The molecular weight excluding hydrogens is 298 g/mol. The van der Waals surface area contributed by atoms with E-state index in [0.29, 0.717) is 13.1 Å². The first kappa shape index (κ1) is 13.4. The van der Waals surface area contributed by atoms with Gasteiger partial charge in [-0.05, 0) is 30.5 Å². The van der Waals surface area contributed by atoms with Crippen LogP contribution in [0.25, 0.3) is 11.0 Å². The number of imidazole rings is 1. The molecule has 0 spiro atoms. The molecule has 4 rings (SSSR count). The van der Waals surface area contributed by atoms with Crippen LogP contribution >= 0.6 is 11.7 Å². The Morgan fingerprint density at radius 2 is 2.18 bits per heavy atom. The van der Waals surface area contributed by atoms with Crippen molar-refractivity contribution in [2.45, 2.75) is 25.9 Å². The van der Waals surface area contributed by atoms with Gasteiger partial charge < -0.3 is 9.88 Å². The number of nitrogens with zero attached hydrogens (tertiary/aromatic N) is 4. The molecule has 2 aromatic heterocycles. The Bertz CT molecular complexity index is 806. The third-order valence-electron chi connectivity index (χ3n) is 4.15. The van der Waals surface area contributed by atoms with E-state index >= 15 is 0 Å². The van der Waals surface area contributed by atoms with Crippen molar-refractivity contribution in [3.05, 3.63) is 42.5 Å². The summed E-state index contributed by atoms with van der Waals surface area (Å²) in [7, 11) is 0. The maximum atomic E-state index is 12.5. The predicted molar refractivity (Wildman–Crippen MR) is 83.2 cm³/mol. The highest BCUT2D eigenvalue weighted by atomic mass is 32.1. The predicted octanol–water partition coefficient (Wildman–Crippen LogP) is 1.98. The zero-order valence-corrected chi connectivity index (χ0v) is 12.7. The van der Waals surface area contributed by atoms with Crippen molar-refractivity contribution in [2.24, 2.45) is 5.41 Å². The standard InChI is InChI=1S/C15H15N5OS/c21-14(15(3-4-15)9-20-6-5-16-10-20)17-8-11-1-2-12-13(7-11)19-22-18-12/h1-2,5-7,10H,3-4,8-9H2,(H,17,21). The summed E-state index contributed by atoms with van der Waals surface area (Å²) in [6.45, 7) is 1.23. The van der Waals surface area contributed by atoms with E-state index in [4.69, 9.17) is 0 Å². The van der Waals surface area contributed by atoms with E-state index in [1.165, 1.54) is 11.7 Å². The molecule has 1 aliphatic rings. The van der Waals surface area contributed by atoms with Crippen LogP contribution in [0.3, 0.4) is 0 Å². The van der Waals surface area contributed by atoms with Crippen LogP contribution < -0.4 is 5.32 Å². The average Bonchev–Trinajstić information content (AvgIpc) is 2.94. The van der Waals surface area contributed by atoms with Gasteiger partial charge in [0.1, 0.15) is 11.0 Å². The second-order valence-corrected chi connectivity index (χ2v) is 6.31. The number of carbonyl (C=O) groups excluding carboxylic acids is 1. The number of aromatic nitrogens is 4. The minimum Gasteiger partial charge on any atom is -0.351 e. The summed E-state index contributed by atoms with van der Waals surface area (Å²) in [6, 6.07) is 5.91. The fourth-order valence-corrected chi connectivity index (χ4v) is 3.16. The van der Waals surface area contributed by atoms with Gasteiger partial charge in [-0.2, -0.15) is 8.75 Å². The summed E-state index contributed by atoms with van der Waals surface area (Å²) >= 11 is 1.21. The zero-order valence-electron chi connectivity index (χ0n) is 11.9. The van der Waals surface area contributed by atoms with E-state index in [0.717, 1.165) is 29.4 Å². The van der Waals surface area contributed by atoms with Crippen molar-refractivity contribution in [1.82, 2.24) is 23.6 Å². The lowest BCUT2D eigenvalue weighted by molar-refractivity contribution is -0.127. The van der Waals surface area contributed by atoms with E-state index in [1.807, 2.05) is 29.0 Å². The van der Waals surface area contributed by atoms with Crippen molar-refractivity contribution < 1.29 is 4.79 Å². The topological polar surface area (TPSA) is 72.7 Å². The number of amides is 1. The highest BCUT2D eigenvalue weighted by Gasteiger charge is 2.49. The first-order valence-electron chi connectivity index (χ1n) is 7.20. The van der Waals surface area contributed by atoms with Crippen LogP contribution in [0.2, 0.25) is 0 Å². The molecule has 0 atom stereocenters. The quantitative estimate of drug-likeness (QED) is 0.782. The van der Waals surface area contributed by atoms with Crippen LogP contribution in [0, 0.1) is 5.41 Å². The van der Waals surface area contributed by atoms with Gasteiger partial charge in [0.05, 0.1) is 23.5 Å². The summed E-state index contributed by atoms with van der Waals surface area (Å²) in [4.78, 5) is 16.5. The molecule has 1 saturated carbocycles. The summed E-state index contributed by atoms with van der Waals surface area (Å²) in [5, 5.41) is 3.05. The van der Waals surface area contributed by atoms with Crippen molar-refractivity contribution >= 4 is 28.7 Å². The molecule has 2 heterocycles. The van der Waals surface area contributed by atoms with Crippen LogP contribution in [0.1, 0.15) is 18.4 Å². The molecule has 1 amide bonds. The van der Waals surface area contributed by atoms with Crippen LogP contribution in [0.4, 0.5) is 0 Å². The average molecular weight is 313 g/mol. The molecule has 0 aliphatic heterocycles. The molecule has 3 aromatic rings. The van der Waals surface area contributed by atoms with E-state index in [-0.39, 0.29) is 11.3 Å². The Hall–Kier alpha value is -2.28. The molecule has 0 saturated heterocycles. The van der Waals surface area contributed by atoms with Gasteiger partial charge in [0.25, 0.3) is 0 Å². The van der Waals surface area contributed by atoms with E-state index in [9.17, 15) is 4.79 Å². The second kappa shape index (κ2) is 5.17. The van der Waals surface area contributed by atoms with E-state index in [2.05, 4.69) is 19.0 Å². The third-order valence-corrected chi connectivity index (χ3v) is 4.71. The Kier molecular flexibility index (Phi) is 3.15. The molecule has 1 N–H and O–H groups in total. The summed E-state index contributed by atoms with van der Waals surface area (Å²) in [5.74, 6) is 0.123. The van der Waals surface area contributed by atoms with Crippen LogP contribution in [-0.4, -0.2) is 24.2 Å². The largest absolute Gasteiger partial charge is 0.351 e. The minimum atomic E-state index is -0.257. The Balaban J connectivity index is 1.41. The van der Waals surface area contributed by atoms with Gasteiger partial charge in [-0.25, -0.2) is 4.98 Å². The SMILES string of the molecule is O=C(NCc1ccc2nsnc2c1)C1(Cn2ccnc2)CC1. The highest BCUT2D eigenvalue weighted by Crippen LogP contribution is 2.47. The molecule has 22 heavy (non-hydrogen) atoms. The molecule has 7 heteroatoms. The monoisotopic (exact) mass is 313 g/mol. The van der Waals surface area contributed by atoms with Gasteiger partial charge in [-0.15, -0.1) is 0 Å². The van der Waals surface area contributed by atoms with E-state index in [1.54, 1.807) is 12.5 Å². The van der Waals surface area contributed by atoms with Crippen LogP contribution in [0.5, 0.6) is 0 Å². The Morgan fingerprint density at radius 1 is 1.32 bits per heavy atom. The van der Waals surface area contributed by atoms with Gasteiger partial charge in [-0.1, -0.05) is 6.07 Å². The van der Waals surface area contributed by atoms with Gasteiger partial charge in [-0.3, -0.25) is 4.79 Å². The second-order valence-electron chi connectivity index (χ2n) is 5.79. The first-order chi connectivity index (χ1) is 10.8. The van der Waals surface area contributed by atoms with Gasteiger partial charge in [0.15, 0.2) is 0 Å². The van der Waals surface area contributed by atoms with Crippen LogP contribution in [-0.2, 0) is 17.9 Å². The maximum Gasteiger partial charge on any atom is 0.228 e. The number of benzene rings is 1. The van der Waals surface area contributed by atoms with Crippen LogP contribution in [0.15, 0.2) is 36.9 Å². The number of hydrogen-bond acceptors (Lipinski definition) is 5. The molecule has 6 nitrogen and oxygen atoms in total. The number of carbonyl (C=O) groups is 1. The number of fused-ring (bicyclic) bond motifs is 1. The van der Waals surface area contributed by atoms with Crippen molar-refractivity contribution in [3.8, 4) is 0 Å². The number of hydrogen-bond donors (Lipinski definition) is 1. The smallest absolute Gasteiger partial charge is 0.228 e. The summed E-state index contributed by atoms with van der Waals surface area (Å²) in [6.07, 6.45) is 7.27. The minimum absolute atomic E-state index is 0.123. The normalized spacial score (nSPS) is 15.8. The molecular formula is C15H15N5OS. The zero-order chi connectivity index (χ0) is 15.0. The lowest BCUT2D eigenvalue weighted by Gasteiger charge is -2.15. The molecule has 1 aromatic carbocycles. The Labute approximate surface area is 131 Å². The molecule has 0 bridgehead atoms. The molecule has 0 radical (unpaired) electrons. The third kappa shape index (κ3) is 2.48. The first-order valence-corrected chi connectivity index (χ1v) is 7.93. The summed E-state index contributed by atoms with van der Waals surface area (Å²) in [5.41, 5.74) is 2.58. The van der Waals surface area contributed by atoms with E-state index < -0.39 is 0 Å². The van der Waals surface area contributed by atoms with Crippen molar-refractivity contribution in [3.63, 3.8) is 0 Å².